The zero-order chi connectivity index (χ0) is 22.6. The van der Waals surface area contributed by atoms with Crippen LogP contribution in [-0.2, 0) is 9.53 Å². The van der Waals surface area contributed by atoms with E-state index in [1.165, 1.54) is 7.11 Å². The quantitative estimate of drug-likeness (QED) is 0.397. The maximum Gasteiger partial charge on any atom is 0.235 e. The number of hydrazine groups is 1. The van der Waals surface area contributed by atoms with E-state index in [1.54, 1.807) is 0 Å². The zero-order valence-corrected chi connectivity index (χ0v) is 19.2. The van der Waals surface area contributed by atoms with Crippen molar-refractivity contribution in [1.29, 1.82) is 0 Å². The van der Waals surface area contributed by atoms with E-state index >= 15 is 0 Å². The number of hydrogen-bond acceptors (Lipinski definition) is 5. The van der Waals surface area contributed by atoms with E-state index in [0.29, 0.717) is 44.0 Å². The van der Waals surface area contributed by atoms with Crippen molar-refractivity contribution in [2.24, 2.45) is 16.8 Å². The number of nitrogens with zero attached hydrogens (tertiary/aromatic N) is 1. The molecule has 0 spiro atoms. The van der Waals surface area contributed by atoms with Crippen LogP contribution in [-0.4, -0.2) is 55.2 Å². The van der Waals surface area contributed by atoms with Gasteiger partial charge in [0.15, 0.2) is 5.96 Å². The van der Waals surface area contributed by atoms with Crippen molar-refractivity contribution >= 4 is 11.9 Å². The van der Waals surface area contributed by atoms with Gasteiger partial charge < -0.3 is 10.1 Å². The third-order valence-electron chi connectivity index (χ3n) is 6.57. The molecule has 3 aliphatic rings. The van der Waals surface area contributed by atoms with E-state index in [4.69, 9.17) is 9.73 Å². The first-order valence-electron chi connectivity index (χ1n) is 11.6. The van der Waals surface area contributed by atoms with Crippen molar-refractivity contribution in [3.63, 3.8) is 0 Å². The molecule has 5 atom stereocenters. The van der Waals surface area contributed by atoms with E-state index in [1.807, 2.05) is 20.8 Å². The van der Waals surface area contributed by atoms with Gasteiger partial charge in [0.1, 0.15) is 18.5 Å². The van der Waals surface area contributed by atoms with Gasteiger partial charge in [-0.1, -0.05) is 0 Å². The normalized spacial score (nSPS) is 37.5. The number of ether oxygens (including phenoxy) is 1. The average molecular weight is 444 g/mol. The van der Waals surface area contributed by atoms with Crippen LogP contribution in [0.25, 0.3) is 0 Å². The van der Waals surface area contributed by atoms with E-state index in [2.05, 4.69) is 21.5 Å². The molecule has 0 aromatic heterocycles. The van der Waals surface area contributed by atoms with Crippen LogP contribution in [0, 0.1) is 11.8 Å². The summed E-state index contributed by atoms with van der Waals surface area (Å²) in [5.74, 6) is -0.495. The molecule has 2 aliphatic carbocycles. The minimum absolute atomic E-state index is 0.222. The standard InChI is InChI=1S/C22H39F2N5O2/c1-22(2,3)27-21(26-20(30)19-15(24)6-5-7-17(19)31-4)25-18-12-16(28-29-18)13-8-10-14(23)11-9-13/h13-19,28-29H,5-12H2,1-4H3,(H2,25,26,27,30). The van der Waals surface area contributed by atoms with E-state index in [-0.39, 0.29) is 17.7 Å². The Morgan fingerprint density at radius 3 is 2.42 bits per heavy atom. The van der Waals surface area contributed by atoms with E-state index in [0.717, 1.165) is 19.3 Å². The van der Waals surface area contributed by atoms with Gasteiger partial charge in [-0.3, -0.25) is 15.5 Å². The van der Waals surface area contributed by atoms with Crippen LogP contribution >= 0.6 is 0 Å². The number of methoxy groups -OCH3 is 1. The third kappa shape index (κ3) is 6.83. The number of guanidine groups is 1. The van der Waals surface area contributed by atoms with Gasteiger partial charge in [0.2, 0.25) is 5.91 Å². The molecular formula is C22H39F2N5O2. The number of amides is 1. The number of nitrogens with one attached hydrogen (secondary N) is 4. The van der Waals surface area contributed by atoms with Gasteiger partial charge in [0.05, 0.1) is 12.0 Å². The number of aliphatic imine (C=N–C) groups is 1. The predicted molar refractivity (Wildman–Crippen MR) is 117 cm³/mol. The molecule has 1 heterocycles. The summed E-state index contributed by atoms with van der Waals surface area (Å²) in [5.41, 5.74) is 6.16. The van der Waals surface area contributed by atoms with Crippen molar-refractivity contribution in [2.45, 2.75) is 108 Å². The highest BCUT2D eigenvalue weighted by Gasteiger charge is 2.40. The van der Waals surface area contributed by atoms with Gasteiger partial charge in [-0.25, -0.2) is 19.2 Å². The van der Waals surface area contributed by atoms with Crippen molar-refractivity contribution in [3.05, 3.63) is 0 Å². The maximum atomic E-state index is 14.6. The van der Waals surface area contributed by atoms with Crippen LogP contribution in [0.3, 0.4) is 0 Å². The second kappa shape index (κ2) is 10.5. The molecule has 3 fully saturated rings. The first-order chi connectivity index (χ1) is 14.7. The van der Waals surface area contributed by atoms with Crippen LogP contribution in [0.15, 0.2) is 4.99 Å². The molecule has 1 saturated heterocycles. The highest BCUT2D eigenvalue weighted by molar-refractivity contribution is 5.98. The molecule has 5 unspecified atom stereocenters. The number of carbonyl (C=O) groups is 1. The van der Waals surface area contributed by atoms with Gasteiger partial charge in [-0.05, 0) is 71.6 Å². The molecule has 178 valence electrons. The van der Waals surface area contributed by atoms with Gasteiger partial charge in [0, 0.05) is 25.1 Å². The average Bonchev–Trinajstić information content (AvgIpc) is 3.15. The minimum Gasteiger partial charge on any atom is -0.381 e. The van der Waals surface area contributed by atoms with Crippen molar-refractivity contribution in [1.82, 2.24) is 21.5 Å². The van der Waals surface area contributed by atoms with Crippen LogP contribution < -0.4 is 21.5 Å². The molecule has 0 radical (unpaired) electrons. The second-order valence-electron chi connectivity index (χ2n) is 10.2. The largest absolute Gasteiger partial charge is 0.381 e. The maximum absolute atomic E-state index is 14.6. The molecule has 1 aliphatic heterocycles. The topological polar surface area (TPSA) is 86.8 Å². The zero-order valence-electron chi connectivity index (χ0n) is 19.2. The first-order valence-corrected chi connectivity index (χ1v) is 11.6. The Kier molecular flexibility index (Phi) is 8.26. The molecule has 0 bridgehead atoms. The molecule has 31 heavy (non-hydrogen) atoms. The molecule has 3 rings (SSSR count). The lowest BCUT2D eigenvalue weighted by Crippen LogP contribution is -2.54. The van der Waals surface area contributed by atoms with Crippen LogP contribution in [0.5, 0.6) is 0 Å². The number of halogens is 2. The molecule has 2 saturated carbocycles. The van der Waals surface area contributed by atoms with E-state index in [9.17, 15) is 13.6 Å². The first kappa shape index (κ1) is 24.3. The summed E-state index contributed by atoms with van der Waals surface area (Å²) >= 11 is 0. The summed E-state index contributed by atoms with van der Waals surface area (Å²) in [7, 11) is 1.52. The fourth-order valence-electron chi connectivity index (χ4n) is 4.95. The van der Waals surface area contributed by atoms with Gasteiger partial charge in [-0.15, -0.1) is 0 Å². The molecule has 9 heteroatoms. The van der Waals surface area contributed by atoms with Crippen LogP contribution in [0.4, 0.5) is 8.78 Å². The number of rotatable bonds is 4. The molecule has 4 N–H and O–H groups in total. The molecular weight excluding hydrogens is 404 g/mol. The fourth-order valence-corrected chi connectivity index (χ4v) is 4.95. The molecule has 7 nitrogen and oxygen atoms in total. The summed E-state index contributed by atoms with van der Waals surface area (Å²) in [6.07, 6.45) is 2.94. The van der Waals surface area contributed by atoms with Gasteiger partial charge in [-0.2, -0.15) is 0 Å². The predicted octanol–water partition coefficient (Wildman–Crippen LogP) is 2.72. The summed E-state index contributed by atoms with van der Waals surface area (Å²) in [5, 5.41) is 6.07. The number of hydrogen-bond donors (Lipinski definition) is 4. The summed E-state index contributed by atoms with van der Waals surface area (Å²) < 4.78 is 33.4. The smallest absolute Gasteiger partial charge is 0.235 e. The molecule has 0 aromatic carbocycles. The van der Waals surface area contributed by atoms with Crippen LogP contribution in [0.2, 0.25) is 0 Å². The lowest BCUT2D eigenvalue weighted by atomic mass is 9.82. The minimum atomic E-state index is -1.23. The highest BCUT2D eigenvalue weighted by Crippen LogP contribution is 2.32. The Morgan fingerprint density at radius 1 is 1.06 bits per heavy atom. The second-order valence-corrected chi connectivity index (χ2v) is 10.2. The van der Waals surface area contributed by atoms with Gasteiger partial charge >= 0.3 is 0 Å². The Labute approximate surface area is 184 Å². The Bertz CT molecular complexity index is 634. The van der Waals surface area contributed by atoms with Crippen molar-refractivity contribution < 1.29 is 18.3 Å². The monoisotopic (exact) mass is 443 g/mol. The SMILES string of the molecule is COC1CCCC(F)C1C(=O)N/C(=N/C1CC(C2CCC(F)CC2)NN1)NC(C)(C)C. The number of carbonyl (C=O) groups excluding carboxylic acids is 1. The van der Waals surface area contributed by atoms with E-state index < -0.39 is 30.3 Å². The van der Waals surface area contributed by atoms with Crippen molar-refractivity contribution in [3.8, 4) is 0 Å². The summed E-state index contributed by atoms with van der Waals surface area (Å²) in [6.45, 7) is 5.93. The van der Waals surface area contributed by atoms with Gasteiger partial charge in [0.25, 0.3) is 0 Å². The summed E-state index contributed by atoms with van der Waals surface area (Å²) in [6, 6.07) is 0.222. The Morgan fingerprint density at radius 2 is 1.77 bits per heavy atom. The molecule has 0 aromatic rings. The summed E-state index contributed by atoms with van der Waals surface area (Å²) in [4.78, 5) is 17.7. The van der Waals surface area contributed by atoms with Crippen molar-refractivity contribution in [2.75, 3.05) is 7.11 Å². The third-order valence-corrected chi connectivity index (χ3v) is 6.57. The Hall–Kier alpha value is -1.32. The fraction of sp³-hybridized carbons (Fsp3) is 0.909. The molecule has 1 amide bonds. The lowest BCUT2D eigenvalue weighted by molar-refractivity contribution is -0.133. The number of alkyl halides is 2. The lowest BCUT2D eigenvalue weighted by Gasteiger charge is -2.33. The highest BCUT2D eigenvalue weighted by atomic mass is 19.1. The Balaban J connectivity index is 1.66. The van der Waals surface area contributed by atoms with Crippen LogP contribution in [0.1, 0.15) is 72.1 Å².